The lowest BCUT2D eigenvalue weighted by atomic mass is 10.1. The Labute approximate surface area is 122 Å². The van der Waals surface area contributed by atoms with Crippen molar-refractivity contribution in [2.45, 2.75) is 16.7 Å². The summed E-state index contributed by atoms with van der Waals surface area (Å²) in [4.78, 5) is 20.4. The van der Waals surface area contributed by atoms with Crippen molar-refractivity contribution in [2.75, 3.05) is 6.54 Å². The van der Waals surface area contributed by atoms with Crippen LogP contribution in [0.25, 0.3) is 0 Å². The zero-order chi connectivity index (χ0) is 15.7. The Bertz CT molecular complexity index is 652. The molecule has 20 heavy (non-hydrogen) atoms. The maximum absolute atomic E-state index is 11.8. The van der Waals surface area contributed by atoms with Crippen LogP contribution in [-0.2, 0) is 14.8 Å². The summed E-state index contributed by atoms with van der Waals surface area (Å²) in [5.74, 6) is -1.62. The second-order valence-corrected chi connectivity index (χ2v) is 7.53. The quantitative estimate of drug-likeness (QED) is 0.500. The van der Waals surface area contributed by atoms with Crippen molar-refractivity contribution in [3.05, 3.63) is 20.5 Å². The maximum Gasteiger partial charge on any atom is 0.336 e. The van der Waals surface area contributed by atoms with E-state index in [2.05, 4.69) is 0 Å². The molecule has 3 N–H and O–H groups in total. The molecule has 0 fully saturated rings. The molecule has 0 bridgehead atoms. The molecule has 0 aromatic carbocycles. The summed E-state index contributed by atoms with van der Waals surface area (Å²) < 4.78 is 24.7. The van der Waals surface area contributed by atoms with E-state index in [0.717, 1.165) is 13.0 Å². The topological polar surface area (TPSA) is 147 Å². The van der Waals surface area contributed by atoms with Gasteiger partial charge in [-0.1, -0.05) is 11.6 Å². The molecule has 1 unspecified atom stereocenters. The van der Waals surface area contributed by atoms with Gasteiger partial charge in [-0.3, -0.25) is 10.1 Å². The van der Waals surface area contributed by atoms with Crippen molar-refractivity contribution in [3.63, 3.8) is 0 Å². The van der Waals surface area contributed by atoms with Crippen molar-refractivity contribution < 1.29 is 28.3 Å². The first kappa shape index (κ1) is 16.8. The highest BCUT2D eigenvalue weighted by atomic mass is 35.5. The Kier molecular flexibility index (Phi) is 4.71. The zero-order valence-corrected chi connectivity index (χ0v) is 12.3. The number of hydrogen-bond donors (Lipinski definition) is 3. The third-order valence-corrected chi connectivity index (χ3v) is 5.39. The first-order valence-electron chi connectivity index (χ1n) is 4.86. The molecule has 9 nitrogen and oxygen atoms in total. The van der Waals surface area contributed by atoms with Gasteiger partial charge in [0, 0.05) is 6.07 Å². The van der Waals surface area contributed by atoms with E-state index in [-0.39, 0.29) is 4.34 Å². The molecule has 0 saturated carbocycles. The van der Waals surface area contributed by atoms with Gasteiger partial charge in [0.05, 0.1) is 11.5 Å². The lowest BCUT2D eigenvalue weighted by Crippen LogP contribution is -2.46. The number of aliphatic hydroxyl groups is 1. The lowest BCUT2D eigenvalue weighted by Gasteiger charge is -2.17. The molecule has 0 aliphatic rings. The van der Waals surface area contributed by atoms with Crippen molar-refractivity contribution in [2.24, 2.45) is 0 Å². The Morgan fingerprint density at radius 3 is 2.60 bits per heavy atom. The molecule has 1 heterocycles. The second-order valence-electron chi connectivity index (χ2n) is 3.89. The Hall–Kier alpha value is -1.27. The highest BCUT2D eigenvalue weighted by Crippen LogP contribution is 2.36. The molecule has 0 saturated heterocycles. The van der Waals surface area contributed by atoms with Crippen LogP contribution in [0.15, 0.2) is 10.3 Å². The molecule has 1 aromatic heterocycles. The summed E-state index contributed by atoms with van der Waals surface area (Å²) in [7, 11) is -4.21. The summed E-state index contributed by atoms with van der Waals surface area (Å²) in [6.07, 6.45) is 0. The standard InChI is InChI=1S/C8H9ClN2O7S2/c1-8(14,7(12)13)3-10-20(17,18)5-2-4(11(15)16)6(9)19-5/h2,10,14H,3H2,1H3,(H,12,13). The van der Waals surface area contributed by atoms with E-state index in [1.54, 1.807) is 0 Å². The number of aliphatic carboxylic acids is 1. The minimum Gasteiger partial charge on any atom is -0.479 e. The van der Waals surface area contributed by atoms with Gasteiger partial charge in [0.15, 0.2) is 9.94 Å². The monoisotopic (exact) mass is 344 g/mol. The third-order valence-electron chi connectivity index (χ3n) is 2.17. The molecule has 12 heteroatoms. The number of carboxylic acids is 1. The van der Waals surface area contributed by atoms with Crippen LogP contribution >= 0.6 is 22.9 Å². The predicted octanol–water partition coefficient (Wildman–Crippen LogP) is 0.424. The number of rotatable bonds is 6. The molecule has 0 aliphatic carbocycles. The average molecular weight is 345 g/mol. The third kappa shape index (κ3) is 3.64. The molecule has 0 amide bonds. The number of carboxylic acid groups (broad SMARTS) is 1. The van der Waals surface area contributed by atoms with Gasteiger partial charge in [-0.2, -0.15) is 0 Å². The molecule has 0 spiro atoms. The number of hydrogen-bond acceptors (Lipinski definition) is 7. The summed E-state index contributed by atoms with van der Waals surface area (Å²) >= 11 is 5.98. The van der Waals surface area contributed by atoms with Crippen molar-refractivity contribution in [3.8, 4) is 0 Å². The number of thiophene rings is 1. The van der Waals surface area contributed by atoms with Gasteiger partial charge in [0.25, 0.3) is 5.69 Å². The van der Waals surface area contributed by atoms with Crippen LogP contribution in [0, 0.1) is 10.1 Å². The molecule has 112 valence electrons. The van der Waals surface area contributed by atoms with Crippen molar-refractivity contribution in [1.82, 2.24) is 4.72 Å². The fraction of sp³-hybridized carbons (Fsp3) is 0.375. The van der Waals surface area contributed by atoms with Crippen LogP contribution < -0.4 is 4.72 Å². The van der Waals surface area contributed by atoms with Gasteiger partial charge >= 0.3 is 5.97 Å². The first-order valence-corrected chi connectivity index (χ1v) is 7.54. The van der Waals surface area contributed by atoms with E-state index in [1.165, 1.54) is 0 Å². The minimum absolute atomic E-state index is 0.319. The van der Waals surface area contributed by atoms with Crippen LogP contribution in [0.3, 0.4) is 0 Å². The van der Waals surface area contributed by atoms with E-state index in [1.807, 2.05) is 4.72 Å². The van der Waals surface area contributed by atoms with E-state index >= 15 is 0 Å². The van der Waals surface area contributed by atoms with Gasteiger partial charge < -0.3 is 10.2 Å². The molecular weight excluding hydrogens is 336 g/mol. The SMILES string of the molecule is CC(O)(CNS(=O)(=O)c1cc([N+](=O)[O-])c(Cl)s1)C(=O)O. The number of nitrogens with one attached hydrogen (secondary N) is 1. The molecule has 1 aromatic rings. The molecule has 0 radical (unpaired) electrons. The van der Waals surface area contributed by atoms with Gasteiger partial charge in [-0.25, -0.2) is 17.9 Å². The Morgan fingerprint density at radius 2 is 2.20 bits per heavy atom. The molecule has 1 atom stereocenters. The van der Waals surface area contributed by atoms with Crippen LogP contribution in [-0.4, -0.2) is 41.7 Å². The van der Waals surface area contributed by atoms with Crippen molar-refractivity contribution >= 4 is 44.6 Å². The van der Waals surface area contributed by atoms with Crippen LogP contribution in [0.4, 0.5) is 5.69 Å². The molecular formula is C8H9ClN2O7S2. The maximum atomic E-state index is 11.8. The zero-order valence-electron chi connectivity index (χ0n) is 9.86. The smallest absolute Gasteiger partial charge is 0.336 e. The number of nitrogens with zero attached hydrogens (tertiary/aromatic N) is 1. The highest BCUT2D eigenvalue weighted by Gasteiger charge is 2.33. The number of halogens is 1. The average Bonchev–Trinajstić information content (AvgIpc) is 2.70. The van der Waals surface area contributed by atoms with Crippen LogP contribution in [0.5, 0.6) is 0 Å². The fourth-order valence-electron chi connectivity index (χ4n) is 0.978. The second kappa shape index (κ2) is 5.61. The van der Waals surface area contributed by atoms with E-state index in [0.29, 0.717) is 11.3 Å². The van der Waals surface area contributed by atoms with Gasteiger partial charge in [0.2, 0.25) is 10.0 Å². The lowest BCUT2D eigenvalue weighted by molar-refractivity contribution is -0.384. The number of sulfonamides is 1. The van der Waals surface area contributed by atoms with Gasteiger partial charge in [-0.05, 0) is 6.92 Å². The highest BCUT2D eigenvalue weighted by molar-refractivity contribution is 7.91. The Balaban J connectivity index is 2.98. The van der Waals surface area contributed by atoms with E-state index in [4.69, 9.17) is 16.7 Å². The minimum atomic E-state index is -4.21. The van der Waals surface area contributed by atoms with Crippen LogP contribution in [0.1, 0.15) is 6.92 Å². The fourth-order valence-corrected chi connectivity index (χ4v) is 3.82. The van der Waals surface area contributed by atoms with Crippen molar-refractivity contribution in [1.29, 1.82) is 0 Å². The number of carbonyl (C=O) groups is 1. The predicted molar refractivity (Wildman–Crippen MR) is 69.4 cm³/mol. The van der Waals surface area contributed by atoms with E-state index < -0.39 is 43.0 Å². The van der Waals surface area contributed by atoms with Crippen LogP contribution in [0.2, 0.25) is 4.34 Å². The first-order chi connectivity index (χ1) is 8.97. The number of nitro groups is 1. The van der Waals surface area contributed by atoms with Gasteiger partial charge in [0.1, 0.15) is 4.21 Å². The van der Waals surface area contributed by atoms with E-state index in [9.17, 15) is 28.4 Å². The van der Waals surface area contributed by atoms with Gasteiger partial charge in [-0.15, -0.1) is 11.3 Å². The summed E-state index contributed by atoms with van der Waals surface area (Å²) in [6.45, 7) is 0.107. The summed E-state index contributed by atoms with van der Waals surface area (Å²) in [5, 5.41) is 28.6. The largest absolute Gasteiger partial charge is 0.479 e. The summed E-state index contributed by atoms with van der Waals surface area (Å²) in [5.41, 5.74) is -2.87. The normalized spacial score (nSPS) is 14.8. The Morgan fingerprint density at radius 1 is 1.65 bits per heavy atom. The summed E-state index contributed by atoms with van der Waals surface area (Å²) in [6, 6.07) is 0.755. The molecule has 1 rings (SSSR count). The molecule has 0 aliphatic heterocycles.